The van der Waals surface area contributed by atoms with E-state index in [4.69, 9.17) is 25.3 Å². The van der Waals surface area contributed by atoms with Gasteiger partial charge in [0.1, 0.15) is 0 Å². The van der Waals surface area contributed by atoms with Crippen LogP contribution in [-0.4, -0.2) is 0 Å². The monoisotopic (exact) mass is 438 g/mol. The Hall–Kier alpha value is -2.42. The maximum atomic E-state index is 5.12. The first-order valence-corrected chi connectivity index (χ1v) is 11.9. The van der Waals surface area contributed by atoms with Crippen LogP contribution in [0.25, 0.3) is 11.1 Å². The second-order valence-electron chi connectivity index (χ2n) is 8.43. The van der Waals surface area contributed by atoms with Crippen molar-refractivity contribution in [3.63, 3.8) is 0 Å². The number of fused-ring (bicyclic) bond motifs is 3. The van der Waals surface area contributed by atoms with E-state index in [9.17, 15) is 0 Å². The third-order valence-electron chi connectivity index (χ3n) is 6.63. The first-order valence-electron chi connectivity index (χ1n) is 10.8. The maximum absolute atomic E-state index is 5.12. The van der Waals surface area contributed by atoms with Crippen molar-refractivity contribution in [3.05, 3.63) is 131 Å². The third-order valence-corrected chi connectivity index (χ3v) is 7.59. The van der Waals surface area contributed by atoms with Gasteiger partial charge in [0.2, 0.25) is 0 Å². The van der Waals surface area contributed by atoms with Gasteiger partial charge in [-0.15, -0.1) is 0 Å². The van der Waals surface area contributed by atoms with Crippen LogP contribution in [0.5, 0.6) is 0 Å². The summed E-state index contributed by atoms with van der Waals surface area (Å²) >= 11 is 10.2. The summed E-state index contributed by atoms with van der Waals surface area (Å²) in [6.45, 7) is 0. The van der Waals surface area contributed by atoms with Gasteiger partial charge in [-0.2, -0.15) is 25.3 Å². The van der Waals surface area contributed by atoms with E-state index >= 15 is 0 Å². The third kappa shape index (κ3) is 3.73. The molecule has 0 spiro atoms. The molecular formula is C29H26S2. The zero-order valence-electron chi connectivity index (χ0n) is 17.4. The number of benzene rings is 4. The largest absolute Gasteiger partial charge is 0.171 e. The van der Waals surface area contributed by atoms with Gasteiger partial charge in [-0.3, -0.25) is 0 Å². The van der Waals surface area contributed by atoms with Crippen LogP contribution >= 0.6 is 25.3 Å². The minimum Gasteiger partial charge on any atom is -0.171 e. The summed E-state index contributed by atoms with van der Waals surface area (Å²) in [5.41, 5.74) is 7.89. The molecule has 0 N–H and O–H groups in total. The lowest BCUT2D eigenvalue weighted by Gasteiger charge is -2.36. The Morgan fingerprint density at radius 1 is 0.484 bits per heavy atom. The molecule has 0 amide bonds. The minimum absolute atomic E-state index is 0.136. The summed E-state index contributed by atoms with van der Waals surface area (Å²) in [5, 5.41) is 0.272. The number of thiol groups is 2. The number of rotatable bonds is 6. The molecule has 0 aliphatic heterocycles. The molecule has 0 heterocycles. The fourth-order valence-corrected chi connectivity index (χ4v) is 6.15. The fraction of sp³-hybridized carbons (Fsp3) is 0.172. The van der Waals surface area contributed by atoms with E-state index < -0.39 is 0 Å². The Bertz CT molecular complexity index is 1070. The first-order chi connectivity index (χ1) is 15.2. The van der Waals surface area contributed by atoms with Crippen LogP contribution in [0.3, 0.4) is 0 Å². The van der Waals surface area contributed by atoms with Crippen LogP contribution in [0, 0.1) is 0 Å². The highest BCUT2D eigenvalue weighted by molar-refractivity contribution is 7.80. The molecule has 0 saturated carbocycles. The van der Waals surface area contributed by atoms with Gasteiger partial charge in [-0.1, -0.05) is 109 Å². The zero-order valence-corrected chi connectivity index (χ0v) is 19.1. The van der Waals surface area contributed by atoms with Crippen molar-refractivity contribution in [1.29, 1.82) is 0 Å². The molecule has 154 valence electrons. The van der Waals surface area contributed by atoms with E-state index in [0.717, 1.165) is 12.8 Å². The Labute approximate surface area is 196 Å². The minimum atomic E-state index is -0.141. The lowest BCUT2D eigenvalue weighted by atomic mass is 9.70. The smallest absolute Gasteiger partial charge is 0.0278 e. The SMILES string of the molecule is SC(CC1(CC(S)c2ccccc2)c2ccccc2-c2ccccc21)c1ccccc1. The van der Waals surface area contributed by atoms with Crippen LogP contribution in [0.15, 0.2) is 109 Å². The second kappa shape index (κ2) is 8.61. The summed E-state index contributed by atoms with van der Waals surface area (Å²) in [5.74, 6) is 0. The van der Waals surface area contributed by atoms with Gasteiger partial charge in [-0.05, 0) is 46.2 Å². The van der Waals surface area contributed by atoms with Crippen LogP contribution in [0.1, 0.15) is 45.6 Å². The molecule has 1 aliphatic carbocycles. The highest BCUT2D eigenvalue weighted by atomic mass is 32.1. The van der Waals surface area contributed by atoms with Gasteiger partial charge >= 0.3 is 0 Å². The fourth-order valence-electron chi connectivity index (χ4n) is 5.19. The first kappa shape index (κ1) is 20.5. The van der Waals surface area contributed by atoms with E-state index in [1.807, 2.05) is 0 Å². The summed E-state index contributed by atoms with van der Waals surface area (Å²) < 4.78 is 0. The van der Waals surface area contributed by atoms with Crippen LogP contribution in [0.4, 0.5) is 0 Å². The molecule has 0 fully saturated rings. The lowest BCUT2D eigenvalue weighted by molar-refractivity contribution is 0.440. The summed E-state index contributed by atoms with van der Waals surface area (Å²) in [6, 6.07) is 39.1. The Morgan fingerprint density at radius 2 is 0.839 bits per heavy atom. The molecule has 4 aromatic carbocycles. The van der Waals surface area contributed by atoms with Gasteiger partial charge in [0.25, 0.3) is 0 Å². The molecule has 0 nitrogen and oxygen atoms in total. The zero-order chi connectivity index (χ0) is 21.3. The summed E-state index contributed by atoms with van der Waals surface area (Å²) in [4.78, 5) is 0. The summed E-state index contributed by atoms with van der Waals surface area (Å²) in [6.07, 6.45) is 1.86. The number of hydrogen-bond acceptors (Lipinski definition) is 2. The van der Waals surface area contributed by atoms with Crippen LogP contribution < -0.4 is 0 Å². The second-order valence-corrected chi connectivity index (χ2v) is 9.68. The van der Waals surface area contributed by atoms with Crippen molar-refractivity contribution in [2.24, 2.45) is 0 Å². The highest BCUT2D eigenvalue weighted by Crippen LogP contribution is 2.57. The molecule has 31 heavy (non-hydrogen) atoms. The molecule has 2 atom stereocenters. The Balaban J connectivity index is 1.65. The quantitative estimate of drug-likeness (QED) is 0.279. The average molecular weight is 439 g/mol. The predicted molar refractivity (Wildman–Crippen MR) is 138 cm³/mol. The maximum Gasteiger partial charge on any atom is 0.0278 e. The van der Waals surface area contributed by atoms with Gasteiger partial charge in [0.15, 0.2) is 0 Å². The normalized spacial score (nSPS) is 15.7. The van der Waals surface area contributed by atoms with E-state index in [1.54, 1.807) is 0 Å². The molecule has 0 radical (unpaired) electrons. The Kier molecular flexibility index (Phi) is 5.69. The van der Waals surface area contributed by atoms with Gasteiger partial charge in [0, 0.05) is 15.9 Å². The Morgan fingerprint density at radius 3 is 1.26 bits per heavy atom. The van der Waals surface area contributed by atoms with Crippen LogP contribution in [-0.2, 0) is 5.41 Å². The standard InChI is InChI=1S/C29H26S2/c30-27(21-11-3-1-4-12-21)19-29(20-28(31)22-13-5-2-6-14-22)25-17-9-7-15-23(25)24-16-8-10-18-26(24)29/h1-18,27-28,30-31H,19-20H2. The van der Waals surface area contributed by atoms with Gasteiger partial charge in [-0.25, -0.2) is 0 Å². The van der Waals surface area contributed by atoms with E-state index in [2.05, 4.69) is 109 Å². The van der Waals surface area contributed by atoms with Gasteiger partial charge in [0.05, 0.1) is 0 Å². The molecule has 1 aliphatic rings. The topological polar surface area (TPSA) is 0 Å². The highest BCUT2D eigenvalue weighted by Gasteiger charge is 2.45. The molecule has 2 heteroatoms. The molecular weight excluding hydrogens is 412 g/mol. The van der Waals surface area contributed by atoms with E-state index in [-0.39, 0.29) is 15.9 Å². The van der Waals surface area contributed by atoms with E-state index in [1.165, 1.54) is 33.4 Å². The molecule has 2 unspecified atom stereocenters. The lowest BCUT2D eigenvalue weighted by Crippen LogP contribution is -2.28. The van der Waals surface area contributed by atoms with Crippen molar-refractivity contribution in [2.75, 3.05) is 0 Å². The molecule has 5 rings (SSSR count). The van der Waals surface area contributed by atoms with Crippen molar-refractivity contribution in [2.45, 2.75) is 28.8 Å². The van der Waals surface area contributed by atoms with E-state index in [0.29, 0.717) is 0 Å². The predicted octanol–water partition coefficient (Wildman–Crippen LogP) is 8.08. The molecule has 0 aromatic heterocycles. The van der Waals surface area contributed by atoms with Crippen molar-refractivity contribution >= 4 is 25.3 Å². The molecule has 4 aromatic rings. The van der Waals surface area contributed by atoms with Crippen molar-refractivity contribution < 1.29 is 0 Å². The van der Waals surface area contributed by atoms with Crippen LogP contribution in [0.2, 0.25) is 0 Å². The van der Waals surface area contributed by atoms with Crippen molar-refractivity contribution in [1.82, 2.24) is 0 Å². The van der Waals surface area contributed by atoms with Crippen molar-refractivity contribution in [3.8, 4) is 11.1 Å². The summed E-state index contributed by atoms with van der Waals surface area (Å²) in [7, 11) is 0. The molecule has 0 bridgehead atoms. The number of hydrogen-bond donors (Lipinski definition) is 2. The van der Waals surface area contributed by atoms with Gasteiger partial charge < -0.3 is 0 Å². The molecule has 0 saturated heterocycles. The average Bonchev–Trinajstić information content (AvgIpc) is 3.10.